The van der Waals surface area contributed by atoms with Gasteiger partial charge in [0.25, 0.3) is 0 Å². The van der Waals surface area contributed by atoms with Crippen molar-refractivity contribution in [3.8, 4) is 0 Å². The SMILES string of the molecule is O=C(CSCc1ccccc1)NCc1ncc[nH]1. The van der Waals surface area contributed by atoms with Crippen molar-refractivity contribution < 1.29 is 4.79 Å². The van der Waals surface area contributed by atoms with E-state index in [4.69, 9.17) is 0 Å². The minimum atomic E-state index is 0.0346. The second-order valence-corrected chi connectivity index (χ2v) is 4.78. The predicted octanol–water partition coefficient (Wildman–Crippen LogP) is 1.96. The van der Waals surface area contributed by atoms with Crippen LogP contribution in [-0.2, 0) is 17.1 Å². The van der Waals surface area contributed by atoms with Gasteiger partial charge < -0.3 is 10.3 Å². The number of carbonyl (C=O) groups excluding carboxylic acids is 1. The van der Waals surface area contributed by atoms with E-state index in [0.717, 1.165) is 11.6 Å². The first kappa shape index (κ1) is 12.7. The van der Waals surface area contributed by atoms with Crippen molar-refractivity contribution in [1.82, 2.24) is 15.3 Å². The molecule has 0 fully saturated rings. The smallest absolute Gasteiger partial charge is 0.230 e. The molecule has 0 aliphatic heterocycles. The lowest BCUT2D eigenvalue weighted by molar-refractivity contribution is -0.118. The van der Waals surface area contributed by atoms with Crippen LogP contribution in [0.4, 0.5) is 0 Å². The Morgan fingerprint density at radius 3 is 2.89 bits per heavy atom. The van der Waals surface area contributed by atoms with Crippen molar-refractivity contribution >= 4 is 17.7 Å². The summed E-state index contributed by atoms with van der Waals surface area (Å²) in [7, 11) is 0. The summed E-state index contributed by atoms with van der Waals surface area (Å²) < 4.78 is 0. The van der Waals surface area contributed by atoms with Crippen LogP contribution < -0.4 is 5.32 Å². The molecule has 0 saturated carbocycles. The van der Waals surface area contributed by atoms with Crippen LogP contribution in [0.5, 0.6) is 0 Å². The molecule has 1 heterocycles. The van der Waals surface area contributed by atoms with E-state index < -0.39 is 0 Å². The van der Waals surface area contributed by atoms with E-state index in [1.807, 2.05) is 18.2 Å². The molecule has 0 spiro atoms. The molecule has 4 nitrogen and oxygen atoms in total. The molecule has 0 unspecified atom stereocenters. The lowest BCUT2D eigenvalue weighted by Crippen LogP contribution is -2.25. The molecule has 94 valence electrons. The molecule has 0 bridgehead atoms. The number of benzene rings is 1. The highest BCUT2D eigenvalue weighted by Crippen LogP contribution is 2.10. The lowest BCUT2D eigenvalue weighted by Gasteiger charge is -2.03. The standard InChI is InChI=1S/C13H15N3OS/c17-13(16-8-12-14-6-7-15-12)10-18-9-11-4-2-1-3-5-11/h1-7H,8-10H2,(H,14,15)(H,16,17). The van der Waals surface area contributed by atoms with Crippen LogP contribution >= 0.6 is 11.8 Å². The first-order chi connectivity index (χ1) is 8.84. The van der Waals surface area contributed by atoms with Gasteiger partial charge in [0.2, 0.25) is 5.91 Å². The van der Waals surface area contributed by atoms with Gasteiger partial charge in [0.1, 0.15) is 5.82 Å². The second kappa shape index (κ2) is 6.86. The molecule has 2 N–H and O–H groups in total. The maximum Gasteiger partial charge on any atom is 0.230 e. The Morgan fingerprint density at radius 2 is 2.17 bits per heavy atom. The van der Waals surface area contributed by atoms with E-state index in [0.29, 0.717) is 12.3 Å². The molecule has 0 radical (unpaired) electrons. The molecule has 5 heteroatoms. The van der Waals surface area contributed by atoms with Gasteiger partial charge in [0.15, 0.2) is 0 Å². The van der Waals surface area contributed by atoms with Gasteiger partial charge in [-0.3, -0.25) is 4.79 Å². The largest absolute Gasteiger partial charge is 0.348 e. The maximum absolute atomic E-state index is 11.6. The number of aromatic nitrogens is 2. The Hall–Kier alpha value is -1.75. The fourth-order valence-corrected chi connectivity index (χ4v) is 2.28. The molecule has 2 aromatic rings. The molecular weight excluding hydrogens is 246 g/mol. The fraction of sp³-hybridized carbons (Fsp3) is 0.231. The highest BCUT2D eigenvalue weighted by molar-refractivity contribution is 7.99. The van der Waals surface area contributed by atoms with Crippen LogP contribution in [0.25, 0.3) is 0 Å². The van der Waals surface area contributed by atoms with Crippen LogP contribution in [0.15, 0.2) is 42.7 Å². The number of amides is 1. The number of hydrogen-bond acceptors (Lipinski definition) is 3. The third-order valence-electron chi connectivity index (χ3n) is 2.35. The Balaban J connectivity index is 1.63. The highest BCUT2D eigenvalue weighted by atomic mass is 32.2. The van der Waals surface area contributed by atoms with Crippen molar-refractivity contribution in [3.05, 3.63) is 54.1 Å². The fourth-order valence-electron chi connectivity index (χ4n) is 1.46. The summed E-state index contributed by atoms with van der Waals surface area (Å²) in [4.78, 5) is 18.5. The van der Waals surface area contributed by atoms with E-state index in [9.17, 15) is 4.79 Å². The molecule has 18 heavy (non-hydrogen) atoms. The molecule has 1 amide bonds. The zero-order valence-electron chi connectivity index (χ0n) is 9.93. The summed E-state index contributed by atoms with van der Waals surface area (Å²) in [5, 5.41) is 2.82. The van der Waals surface area contributed by atoms with Gasteiger partial charge >= 0.3 is 0 Å². The van der Waals surface area contributed by atoms with Crippen molar-refractivity contribution in [2.45, 2.75) is 12.3 Å². The van der Waals surface area contributed by atoms with E-state index >= 15 is 0 Å². The molecule has 0 aliphatic carbocycles. The molecule has 0 atom stereocenters. The number of rotatable bonds is 6. The normalized spacial score (nSPS) is 10.2. The number of hydrogen-bond donors (Lipinski definition) is 2. The zero-order chi connectivity index (χ0) is 12.6. The number of nitrogens with zero attached hydrogens (tertiary/aromatic N) is 1. The van der Waals surface area contributed by atoms with Gasteiger partial charge in [-0.25, -0.2) is 4.98 Å². The average Bonchev–Trinajstić information content (AvgIpc) is 2.91. The monoisotopic (exact) mass is 261 g/mol. The van der Waals surface area contributed by atoms with Crippen molar-refractivity contribution in [2.75, 3.05) is 5.75 Å². The topological polar surface area (TPSA) is 57.8 Å². The van der Waals surface area contributed by atoms with Crippen LogP contribution in [-0.4, -0.2) is 21.6 Å². The van der Waals surface area contributed by atoms with Crippen LogP contribution in [0.1, 0.15) is 11.4 Å². The van der Waals surface area contributed by atoms with Gasteiger partial charge in [-0.15, -0.1) is 11.8 Å². The van der Waals surface area contributed by atoms with E-state index in [1.54, 1.807) is 24.2 Å². The van der Waals surface area contributed by atoms with Crippen LogP contribution in [0.2, 0.25) is 0 Å². The molecule has 1 aromatic heterocycles. The third kappa shape index (κ3) is 4.25. The quantitative estimate of drug-likeness (QED) is 0.835. The maximum atomic E-state index is 11.6. The highest BCUT2D eigenvalue weighted by Gasteiger charge is 2.02. The third-order valence-corrected chi connectivity index (χ3v) is 3.36. The summed E-state index contributed by atoms with van der Waals surface area (Å²) in [6.45, 7) is 0.456. The molecule has 0 saturated heterocycles. The van der Waals surface area contributed by atoms with Gasteiger partial charge in [-0.1, -0.05) is 30.3 Å². The van der Waals surface area contributed by atoms with Crippen molar-refractivity contribution in [2.24, 2.45) is 0 Å². The zero-order valence-corrected chi connectivity index (χ0v) is 10.7. The van der Waals surface area contributed by atoms with Crippen molar-refractivity contribution in [1.29, 1.82) is 0 Å². The Kier molecular flexibility index (Phi) is 4.84. The van der Waals surface area contributed by atoms with Gasteiger partial charge in [0, 0.05) is 18.1 Å². The number of imidazole rings is 1. The first-order valence-electron chi connectivity index (χ1n) is 5.71. The number of aromatic amines is 1. The summed E-state index contributed by atoms with van der Waals surface area (Å²) in [6.07, 6.45) is 3.41. The molecular formula is C13H15N3OS. The minimum absolute atomic E-state index is 0.0346. The predicted molar refractivity (Wildman–Crippen MR) is 73.0 cm³/mol. The molecule has 2 rings (SSSR count). The second-order valence-electron chi connectivity index (χ2n) is 3.79. The number of carbonyl (C=O) groups is 1. The molecule has 1 aromatic carbocycles. The first-order valence-corrected chi connectivity index (χ1v) is 6.86. The lowest BCUT2D eigenvalue weighted by atomic mass is 10.2. The van der Waals surface area contributed by atoms with Gasteiger partial charge in [-0.2, -0.15) is 0 Å². The Morgan fingerprint density at radius 1 is 1.33 bits per heavy atom. The number of nitrogens with one attached hydrogen (secondary N) is 2. The summed E-state index contributed by atoms with van der Waals surface area (Å²) in [5.41, 5.74) is 1.24. The number of thioether (sulfide) groups is 1. The van der Waals surface area contributed by atoms with Crippen molar-refractivity contribution in [3.63, 3.8) is 0 Å². The summed E-state index contributed by atoms with van der Waals surface area (Å²) in [5.74, 6) is 2.13. The minimum Gasteiger partial charge on any atom is -0.348 e. The Bertz CT molecular complexity index is 470. The average molecular weight is 261 g/mol. The van der Waals surface area contributed by atoms with E-state index in [2.05, 4.69) is 27.4 Å². The summed E-state index contributed by atoms with van der Waals surface area (Å²) in [6, 6.07) is 10.1. The van der Waals surface area contributed by atoms with Crippen LogP contribution in [0.3, 0.4) is 0 Å². The number of H-pyrrole nitrogens is 1. The van der Waals surface area contributed by atoms with Crippen LogP contribution in [0, 0.1) is 0 Å². The van der Waals surface area contributed by atoms with E-state index in [-0.39, 0.29) is 5.91 Å². The summed E-state index contributed by atoms with van der Waals surface area (Å²) >= 11 is 1.61. The van der Waals surface area contributed by atoms with Gasteiger partial charge in [0.05, 0.1) is 12.3 Å². The Labute approximate surface area is 110 Å². The van der Waals surface area contributed by atoms with Gasteiger partial charge in [-0.05, 0) is 5.56 Å². The van der Waals surface area contributed by atoms with E-state index in [1.165, 1.54) is 5.56 Å². The molecule has 0 aliphatic rings.